The topological polar surface area (TPSA) is 18.5 Å². The van der Waals surface area contributed by atoms with E-state index in [1.165, 1.54) is 75.2 Å². The van der Waals surface area contributed by atoms with Gasteiger partial charge in [0.1, 0.15) is 11.5 Å². The van der Waals surface area contributed by atoms with Crippen molar-refractivity contribution in [2.24, 2.45) is 0 Å². The third-order valence-corrected chi connectivity index (χ3v) is 6.28. The summed E-state index contributed by atoms with van der Waals surface area (Å²) in [7, 11) is 0. The molecule has 0 saturated carbocycles. The van der Waals surface area contributed by atoms with Crippen molar-refractivity contribution < 1.29 is 9.47 Å². The molecule has 0 aliphatic rings. The predicted octanol–water partition coefficient (Wildman–Crippen LogP) is 9.21. The van der Waals surface area contributed by atoms with Crippen LogP contribution in [0, 0.1) is 0 Å². The summed E-state index contributed by atoms with van der Waals surface area (Å²) in [5.41, 5.74) is 1.18. The van der Waals surface area contributed by atoms with Crippen molar-refractivity contribution in [3.63, 3.8) is 0 Å². The van der Waals surface area contributed by atoms with E-state index in [0.717, 1.165) is 48.3 Å². The monoisotopic (exact) mass is 476 g/mol. The van der Waals surface area contributed by atoms with Gasteiger partial charge in [0, 0.05) is 21.7 Å². The Morgan fingerprint density at radius 3 is 1.80 bits per heavy atom. The van der Waals surface area contributed by atoms with E-state index in [1.807, 2.05) is 0 Å². The second-order valence-electron chi connectivity index (χ2n) is 8.27. The maximum Gasteiger partial charge on any atom is 0.131 e. The molecule has 2 aromatic rings. The van der Waals surface area contributed by atoms with Crippen LogP contribution in [0.25, 0.3) is 10.8 Å². The molecule has 0 radical (unpaired) electrons. The van der Waals surface area contributed by atoms with Gasteiger partial charge in [-0.1, -0.05) is 118 Å². The minimum atomic E-state index is 0.775. The first kappa shape index (κ1) is 25.0. The summed E-state index contributed by atoms with van der Waals surface area (Å²) >= 11 is 3.66. The number of fused-ring (bicyclic) bond motifs is 1. The molecular formula is C27H41BrO2. The molecule has 0 amide bonds. The van der Waals surface area contributed by atoms with Gasteiger partial charge in [0.2, 0.25) is 0 Å². The van der Waals surface area contributed by atoms with Gasteiger partial charge < -0.3 is 9.47 Å². The molecule has 3 heteroatoms. The maximum absolute atomic E-state index is 6.30. The van der Waals surface area contributed by atoms with Crippen molar-refractivity contribution in [1.29, 1.82) is 0 Å². The highest BCUT2D eigenvalue weighted by atomic mass is 79.9. The fourth-order valence-electron chi connectivity index (χ4n) is 3.88. The van der Waals surface area contributed by atoms with Gasteiger partial charge in [-0.15, -0.1) is 0 Å². The Kier molecular flexibility index (Phi) is 13.0. The van der Waals surface area contributed by atoms with E-state index in [0.29, 0.717) is 0 Å². The summed E-state index contributed by atoms with van der Waals surface area (Å²) < 4.78 is 12.5. The van der Waals surface area contributed by atoms with E-state index in [-0.39, 0.29) is 0 Å². The van der Waals surface area contributed by atoms with Crippen LogP contribution in [0.1, 0.15) is 96.5 Å². The van der Waals surface area contributed by atoms with Crippen LogP contribution in [0.5, 0.6) is 11.5 Å². The lowest BCUT2D eigenvalue weighted by Gasteiger charge is -2.17. The van der Waals surface area contributed by atoms with E-state index in [4.69, 9.17) is 9.47 Å². The van der Waals surface area contributed by atoms with E-state index >= 15 is 0 Å². The molecule has 0 unspecified atom stereocenters. The van der Waals surface area contributed by atoms with Crippen molar-refractivity contribution in [2.75, 3.05) is 13.2 Å². The molecule has 0 spiro atoms. The smallest absolute Gasteiger partial charge is 0.131 e. The Bertz CT molecular complexity index is 713. The molecule has 0 N–H and O–H groups in total. The second kappa shape index (κ2) is 15.6. The van der Waals surface area contributed by atoms with Crippen molar-refractivity contribution in [3.05, 3.63) is 35.9 Å². The lowest BCUT2D eigenvalue weighted by molar-refractivity contribution is 0.299. The van der Waals surface area contributed by atoms with Crippen molar-refractivity contribution in [2.45, 2.75) is 96.2 Å². The first-order chi connectivity index (χ1) is 14.8. The number of alkyl halides is 1. The third-order valence-electron chi connectivity index (χ3n) is 5.68. The summed E-state index contributed by atoms with van der Waals surface area (Å²) in [5, 5.41) is 3.10. The molecule has 0 aromatic heterocycles. The fraction of sp³-hybridized carbons (Fsp3) is 0.630. The van der Waals surface area contributed by atoms with Crippen LogP contribution in [0.15, 0.2) is 30.3 Å². The molecule has 0 atom stereocenters. The van der Waals surface area contributed by atoms with Crippen LogP contribution in [0.3, 0.4) is 0 Å². The van der Waals surface area contributed by atoms with Gasteiger partial charge in [0.15, 0.2) is 0 Å². The number of hydrogen-bond donors (Lipinski definition) is 0. The van der Waals surface area contributed by atoms with Crippen molar-refractivity contribution >= 4 is 26.7 Å². The summed E-state index contributed by atoms with van der Waals surface area (Å²) in [4.78, 5) is 0. The summed E-state index contributed by atoms with van der Waals surface area (Å²) in [6.07, 6.45) is 15.4. The van der Waals surface area contributed by atoms with Crippen LogP contribution in [-0.2, 0) is 5.33 Å². The van der Waals surface area contributed by atoms with Crippen LogP contribution >= 0.6 is 15.9 Å². The molecule has 30 heavy (non-hydrogen) atoms. The highest BCUT2D eigenvalue weighted by Crippen LogP contribution is 2.38. The van der Waals surface area contributed by atoms with E-state index in [1.54, 1.807) is 0 Å². The highest BCUT2D eigenvalue weighted by molar-refractivity contribution is 9.08. The van der Waals surface area contributed by atoms with Gasteiger partial charge in [-0.25, -0.2) is 0 Å². The molecule has 0 saturated heterocycles. The van der Waals surface area contributed by atoms with Gasteiger partial charge in [-0.3, -0.25) is 0 Å². The molecule has 0 aliphatic carbocycles. The first-order valence-corrected chi connectivity index (χ1v) is 13.3. The molecule has 0 fully saturated rings. The van der Waals surface area contributed by atoms with E-state index in [2.05, 4.69) is 60.1 Å². The van der Waals surface area contributed by atoms with Gasteiger partial charge in [0.25, 0.3) is 0 Å². The standard InChI is InChI=1S/C27H41BrO2/c1-3-5-7-9-11-15-19-29-26-21-23(22-28)27(25-18-14-13-17-24(25)26)30-20-16-12-10-8-6-4-2/h13-14,17-18,21H,3-12,15-16,19-20,22H2,1-2H3. The lowest BCUT2D eigenvalue weighted by atomic mass is 10.0. The zero-order valence-electron chi connectivity index (χ0n) is 19.2. The van der Waals surface area contributed by atoms with E-state index in [9.17, 15) is 0 Å². The molecule has 168 valence electrons. The Balaban J connectivity index is 1.96. The van der Waals surface area contributed by atoms with Crippen LogP contribution < -0.4 is 9.47 Å². The average molecular weight is 478 g/mol. The highest BCUT2D eigenvalue weighted by Gasteiger charge is 2.13. The Labute approximate surface area is 192 Å². The van der Waals surface area contributed by atoms with Gasteiger partial charge in [-0.2, -0.15) is 0 Å². The third kappa shape index (κ3) is 8.49. The zero-order valence-corrected chi connectivity index (χ0v) is 20.8. The van der Waals surface area contributed by atoms with Gasteiger partial charge in [0.05, 0.1) is 13.2 Å². The maximum atomic E-state index is 6.30. The summed E-state index contributed by atoms with van der Waals surface area (Å²) in [6.45, 7) is 6.09. The first-order valence-electron chi connectivity index (χ1n) is 12.2. The normalized spacial score (nSPS) is 11.2. The van der Waals surface area contributed by atoms with Crippen LogP contribution in [0.4, 0.5) is 0 Å². The molecular weight excluding hydrogens is 436 g/mol. The Hall–Kier alpha value is -1.22. The van der Waals surface area contributed by atoms with Crippen molar-refractivity contribution in [1.82, 2.24) is 0 Å². The number of halogens is 1. The van der Waals surface area contributed by atoms with E-state index < -0.39 is 0 Å². The van der Waals surface area contributed by atoms with Gasteiger partial charge >= 0.3 is 0 Å². The molecule has 0 bridgehead atoms. The largest absolute Gasteiger partial charge is 0.493 e. The molecule has 2 rings (SSSR count). The minimum Gasteiger partial charge on any atom is -0.493 e. The molecule has 0 aliphatic heterocycles. The zero-order chi connectivity index (χ0) is 21.4. The number of rotatable bonds is 17. The fourth-order valence-corrected chi connectivity index (χ4v) is 4.30. The second-order valence-corrected chi connectivity index (χ2v) is 8.84. The average Bonchev–Trinajstić information content (AvgIpc) is 2.78. The molecule has 2 nitrogen and oxygen atoms in total. The predicted molar refractivity (Wildman–Crippen MR) is 134 cm³/mol. The summed E-state index contributed by atoms with van der Waals surface area (Å²) in [6, 6.07) is 10.7. The van der Waals surface area contributed by atoms with Crippen LogP contribution in [-0.4, -0.2) is 13.2 Å². The quantitative estimate of drug-likeness (QED) is 0.167. The number of unbranched alkanes of at least 4 members (excludes halogenated alkanes) is 10. The molecule has 0 heterocycles. The van der Waals surface area contributed by atoms with Gasteiger partial charge in [-0.05, 0) is 18.9 Å². The van der Waals surface area contributed by atoms with Crippen molar-refractivity contribution in [3.8, 4) is 11.5 Å². The SMILES string of the molecule is CCCCCCCCOc1cc(CBr)c(OCCCCCCCC)c2ccccc12. The number of hydrogen-bond acceptors (Lipinski definition) is 2. The van der Waals surface area contributed by atoms with Crippen LogP contribution in [0.2, 0.25) is 0 Å². The lowest BCUT2D eigenvalue weighted by Crippen LogP contribution is -2.03. The number of benzene rings is 2. The number of ether oxygens (including phenoxy) is 2. The molecule has 2 aromatic carbocycles. The Morgan fingerprint density at radius 2 is 1.20 bits per heavy atom. The summed E-state index contributed by atoms with van der Waals surface area (Å²) in [5.74, 6) is 2.00. The minimum absolute atomic E-state index is 0.775. The Morgan fingerprint density at radius 1 is 0.667 bits per heavy atom.